The molecule has 2 N–H and O–H groups in total. The zero-order valence-electron chi connectivity index (χ0n) is 17.6. The smallest absolute Gasteiger partial charge is 0.0637 e. The van der Waals surface area contributed by atoms with Gasteiger partial charge in [-0.3, -0.25) is 0 Å². The second-order valence-corrected chi connectivity index (χ2v) is 11.1. The van der Waals surface area contributed by atoms with Crippen LogP contribution in [0.2, 0.25) is 10.0 Å². The van der Waals surface area contributed by atoms with Gasteiger partial charge in [0, 0.05) is 13.1 Å². The fourth-order valence-corrected chi connectivity index (χ4v) is 7.77. The Morgan fingerprint density at radius 2 is 1.13 bits per heavy atom. The van der Waals surface area contributed by atoms with Crippen molar-refractivity contribution < 1.29 is 0 Å². The highest BCUT2D eigenvalue weighted by atomic mass is 35.5. The molecule has 0 unspecified atom stereocenters. The predicted molar refractivity (Wildman–Crippen MR) is 129 cm³/mol. The minimum atomic E-state index is 0.530. The molecule has 4 saturated carbocycles. The molecule has 4 fully saturated rings. The fraction of sp³-hybridized carbons (Fsp3) is 0.538. The third-order valence-corrected chi connectivity index (χ3v) is 8.65. The van der Waals surface area contributed by atoms with Crippen molar-refractivity contribution >= 4 is 34.6 Å². The van der Waals surface area contributed by atoms with E-state index in [4.69, 9.17) is 23.2 Å². The molecule has 2 aromatic carbocycles. The first-order valence-corrected chi connectivity index (χ1v) is 12.3. The molecule has 4 aliphatic rings. The van der Waals surface area contributed by atoms with Gasteiger partial charge in [0.1, 0.15) is 0 Å². The summed E-state index contributed by atoms with van der Waals surface area (Å²) < 4.78 is 0. The molecule has 4 aliphatic carbocycles. The summed E-state index contributed by atoms with van der Waals surface area (Å²) in [5, 5.41) is 8.87. The number of para-hydroxylation sites is 2. The van der Waals surface area contributed by atoms with Crippen molar-refractivity contribution in [2.24, 2.45) is 22.7 Å². The van der Waals surface area contributed by atoms with Crippen molar-refractivity contribution in [1.29, 1.82) is 0 Å². The van der Waals surface area contributed by atoms with Crippen LogP contribution in [0.4, 0.5) is 11.4 Å². The number of rotatable bonds is 8. The SMILES string of the molecule is Clc1ccccc1NCCC12CC3CC(C1)CC(CCNc1ccccc1Cl)(C3)C2. The average Bonchev–Trinajstić information content (AvgIpc) is 2.70. The molecular weight excluding hydrogens is 411 g/mol. The molecule has 0 saturated heterocycles. The van der Waals surface area contributed by atoms with Crippen molar-refractivity contribution in [2.45, 2.75) is 51.4 Å². The summed E-state index contributed by atoms with van der Waals surface area (Å²) in [6.45, 7) is 2.05. The maximum atomic E-state index is 6.34. The van der Waals surface area contributed by atoms with E-state index in [1.54, 1.807) is 0 Å². The molecule has 30 heavy (non-hydrogen) atoms. The van der Waals surface area contributed by atoms with Crippen molar-refractivity contribution in [1.82, 2.24) is 0 Å². The highest BCUT2D eigenvalue weighted by Gasteiger charge is 2.56. The van der Waals surface area contributed by atoms with Crippen molar-refractivity contribution in [3.63, 3.8) is 0 Å². The van der Waals surface area contributed by atoms with Gasteiger partial charge in [-0.25, -0.2) is 0 Å². The maximum Gasteiger partial charge on any atom is 0.0637 e. The summed E-state index contributed by atoms with van der Waals surface area (Å²) in [6, 6.07) is 16.2. The van der Waals surface area contributed by atoms with Crippen LogP contribution < -0.4 is 10.6 Å². The first-order chi connectivity index (χ1) is 14.5. The minimum Gasteiger partial charge on any atom is -0.384 e. The van der Waals surface area contributed by atoms with Gasteiger partial charge in [0.15, 0.2) is 0 Å². The van der Waals surface area contributed by atoms with Crippen LogP contribution in [-0.2, 0) is 0 Å². The number of hydrogen-bond acceptors (Lipinski definition) is 2. The third-order valence-electron chi connectivity index (χ3n) is 7.99. The molecule has 6 rings (SSSR count). The number of nitrogens with one attached hydrogen (secondary N) is 2. The number of anilines is 2. The largest absolute Gasteiger partial charge is 0.384 e. The molecule has 0 atom stereocenters. The summed E-state index contributed by atoms with van der Waals surface area (Å²) in [7, 11) is 0. The van der Waals surface area contributed by atoms with E-state index in [2.05, 4.69) is 34.9 Å². The van der Waals surface area contributed by atoms with Crippen LogP contribution in [0.5, 0.6) is 0 Å². The van der Waals surface area contributed by atoms with Crippen molar-refractivity contribution in [3.05, 3.63) is 58.6 Å². The van der Waals surface area contributed by atoms with Crippen LogP contribution in [-0.4, -0.2) is 13.1 Å². The molecule has 0 heterocycles. The van der Waals surface area contributed by atoms with Crippen LogP contribution in [0.25, 0.3) is 0 Å². The Morgan fingerprint density at radius 1 is 0.700 bits per heavy atom. The fourth-order valence-electron chi connectivity index (χ4n) is 7.37. The van der Waals surface area contributed by atoms with Crippen molar-refractivity contribution in [2.75, 3.05) is 23.7 Å². The molecule has 0 amide bonds. The normalized spacial score (nSPS) is 31.7. The van der Waals surface area contributed by atoms with E-state index < -0.39 is 0 Å². The Hall–Kier alpha value is -1.38. The van der Waals surface area contributed by atoms with Crippen LogP contribution in [0.3, 0.4) is 0 Å². The zero-order valence-corrected chi connectivity index (χ0v) is 19.1. The number of halogens is 2. The standard InChI is InChI=1S/C26H32Cl2N2/c27-21-5-1-3-7-23(21)29-11-9-25-14-19-13-20(15-25)17-26(16-19,18-25)10-12-30-24-8-4-2-6-22(24)28/h1-8,19-20,29-30H,9-18H2. The Bertz CT molecular complexity index is 813. The lowest BCUT2D eigenvalue weighted by molar-refractivity contribution is -0.114. The van der Waals surface area contributed by atoms with Gasteiger partial charge in [0.25, 0.3) is 0 Å². The first-order valence-electron chi connectivity index (χ1n) is 11.5. The summed E-state index contributed by atoms with van der Waals surface area (Å²) in [5.74, 6) is 1.87. The average molecular weight is 443 g/mol. The Kier molecular flexibility index (Phi) is 5.66. The Labute approximate surface area is 190 Å². The first kappa shape index (κ1) is 20.5. The van der Waals surface area contributed by atoms with E-state index in [9.17, 15) is 0 Å². The van der Waals surface area contributed by atoms with E-state index in [-0.39, 0.29) is 0 Å². The third kappa shape index (κ3) is 4.18. The minimum absolute atomic E-state index is 0.530. The van der Waals surface area contributed by atoms with Gasteiger partial charge in [-0.15, -0.1) is 0 Å². The van der Waals surface area contributed by atoms with Crippen molar-refractivity contribution in [3.8, 4) is 0 Å². The monoisotopic (exact) mass is 442 g/mol. The molecule has 2 aromatic rings. The van der Waals surface area contributed by atoms with Gasteiger partial charge in [-0.1, -0.05) is 47.5 Å². The summed E-state index contributed by atoms with van der Waals surface area (Å²) in [5.41, 5.74) is 3.20. The van der Waals surface area contributed by atoms with Gasteiger partial charge in [-0.2, -0.15) is 0 Å². The highest BCUT2D eigenvalue weighted by Crippen LogP contribution is 2.67. The van der Waals surface area contributed by atoms with Crippen LogP contribution in [0.15, 0.2) is 48.5 Å². The number of hydrogen-bond donors (Lipinski definition) is 2. The van der Waals surface area contributed by atoms with Gasteiger partial charge in [-0.05, 0) is 98.3 Å². The van der Waals surface area contributed by atoms with E-state index in [0.29, 0.717) is 10.8 Å². The summed E-state index contributed by atoms with van der Waals surface area (Å²) >= 11 is 12.7. The van der Waals surface area contributed by atoms with Gasteiger partial charge in [0.2, 0.25) is 0 Å². The van der Waals surface area contributed by atoms with Gasteiger partial charge >= 0.3 is 0 Å². The molecule has 4 heteroatoms. The maximum absolute atomic E-state index is 6.34. The lowest BCUT2D eigenvalue weighted by atomic mass is 9.43. The van der Waals surface area contributed by atoms with Gasteiger partial charge in [0.05, 0.1) is 21.4 Å². The summed E-state index contributed by atoms with van der Waals surface area (Å²) in [6.07, 6.45) is 11.2. The zero-order chi connectivity index (χ0) is 20.6. The van der Waals surface area contributed by atoms with Gasteiger partial charge < -0.3 is 10.6 Å². The Balaban J connectivity index is 1.22. The highest BCUT2D eigenvalue weighted by molar-refractivity contribution is 6.33. The topological polar surface area (TPSA) is 24.1 Å². The van der Waals surface area contributed by atoms with Crippen LogP contribution in [0.1, 0.15) is 51.4 Å². The van der Waals surface area contributed by atoms with E-state index in [0.717, 1.165) is 46.3 Å². The lowest BCUT2D eigenvalue weighted by Crippen LogP contribution is -2.52. The number of benzene rings is 2. The molecular formula is C26H32Cl2N2. The van der Waals surface area contributed by atoms with Crippen LogP contribution >= 0.6 is 23.2 Å². The molecule has 2 nitrogen and oxygen atoms in total. The van der Waals surface area contributed by atoms with Crippen LogP contribution in [0, 0.1) is 22.7 Å². The molecule has 160 valence electrons. The Morgan fingerprint density at radius 3 is 1.57 bits per heavy atom. The second-order valence-electron chi connectivity index (χ2n) is 10.3. The summed E-state index contributed by atoms with van der Waals surface area (Å²) in [4.78, 5) is 0. The molecule has 0 spiro atoms. The van der Waals surface area contributed by atoms with E-state index >= 15 is 0 Å². The van der Waals surface area contributed by atoms with E-state index in [1.165, 1.54) is 51.4 Å². The molecule has 0 radical (unpaired) electrons. The predicted octanol–water partition coefficient (Wildman–Crippen LogP) is 7.88. The molecule has 0 aliphatic heterocycles. The molecule has 4 bridgehead atoms. The second kappa shape index (κ2) is 8.28. The van der Waals surface area contributed by atoms with E-state index in [1.807, 2.05) is 24.3 Å². The lowest BCUT2D eigenvalue weighted by Gasteiger charge is -2.62. The quantitative estimate of drug-likeness (QED) is 0.434. The molecule has 0 aromatic heterocycles.